The van der Waals surface area contributed by atoms with E-state index in [9.17, 15) is 9.90 Å². The third kappa shape index (κ3) is 5.30. The van der Waals surface area contributed by atoms with E-state index in [1.54, 1.807) is 18.2 Å². The Balaban J connectivity index is 2.07. The summed E-state index contributed by atoms with van der Waals surface area (Å²) in [6.07, 6.45) is 3.70. The van der Waals surface area contributed by atoms with Gasteiger partial charge in [0.25, 0.3) is 0 Å². The van der Waals surface area contributed by atoms with E-state index < -0.39 is 0 Å². The number of aryl methyl sites for hydroxylation is 2. The summed E-state index contributed by atoms with van der Waals surface area (Å²) < 4.78 is 11.3. The number of nitrogens with zero attached hydrogens (tertiary/aromatic N) is 2. The lowest BCUT2D eigenvalue weighted by molar-refractivity contribution is -0.142. The smallest absolute Gasteiger partial charge is 0.310 e. The maximum Gasteiger partial charge on any atom is 0.310 e. The molecule has 2 heterocycles. The lowest BCUT2D eigenvalue weighted by atomic mass is 9.90. The van der Waals surface area contributed by atoms with Crippen molar-refractivity contribution in [1.82, 2.24) is 4.98 Å². The van der Waals surface area contributed by atoms with E-state index in [0.717, 1.165) is 59.7 Å². The molecule has 0 aliphatic carbocycles. The molecule has 0 bridgehead atoms. The first-order valence-electron chi connectivity index (χ1n) is 11.2. The Kier molecular flexibility index (Phi) is 7.56. The molecule has 2 aromatic rings. The number of hydrogen-bond acceptors (Lipinski definition) is 6. The molecule has 6 heteroatoms. The topological polar surface area (TPSA) is 71.9 Å². The second-order valence-electron chi connectivity index (χ2n) is 8.55. The van der Waals surface area contributed by atoms with E-state index in [1.165, 1.54) is 0 Å². The molecule has 32 heavy (non-hydrogen) atoms. The number of phenolic OH excluding ortho intramolecular Hbond substituents is 1. The minimum atomic E-state index is -0.254. The van der Waals surface area contributed by atoms with Gasteiger partial charge in [-0.1, -0.05) is 18.2 Å². The molecule has 3 rings (SSSR count). The summed E-state index contributed by atoms with van der Waals surface area (Å²) >= 11 is 0. The molecule has 6 nitrogen and oxygen atoms in total. The molecule has 0 amide bonds. The molecule has 0 saturated carbocycles. The Labute approximate surface area is 190 Å². The predicted molar refractivity (Wildman–Crippen MR) is 127 cm³/mol. The molecule has 1 aromatic carbocycles. The summed E-state index contributed by atoms with van der Waals surface area (Å²) in [4.78, 5) is 19.6. The first-order valence-corrected chi connectivity index (χ1v) is 11.2. The molecule has 1 N–H and O–H groups in total. The van der Waals surface area contributed by atoms with Crippen molar-refractivity contribution in [3.8, 4) is 16.9 Å². The number of anilines is 1. The zero-order chi connectivity index (χ0) is 23.3. The van der Waals surface area contributed by atoms with Gasteiger partial charge < -0.3 is 19.5 Å². The van der Waals surface area contributed by atoms with E-state index >= 15 is 0 Å². The minimum Gasteiger partial charge on any atom is -0.508 e. The van der Waals surface area contributed by atoms with Crippen LogP contribution in [0.2, 0.25) is 0 Å². The highest BCUT2D eigenvalue weighted by Crippen LogP contribution is 2.41. The number of piperidine rings is 1. The third-order valence-corrected chi connectivity index (χ3v) is 6.13. The molecular formula is C26H34N2O4. The molecule has 1 aliphatic heterocycles. The largest absolute Gasteiger partial charge is 0.508 e. The average molecular weight is 439 g/mol. The van der Waals surface area contributed by atoms with Gasteiger partial charge in [0, 0.05) is 35.6 Å². The monoisotopic (exact) mass is 438 g/mol. The van der Waals surface area contributed by atoms with Crippen molar-refractivity contribution >= 4 is 11.7 Å². The van der Waals surface area contributed by atoms with Crippen molar-refractivity contribution in [1.29, 1.82) is 0 Å². The van der Waals surface area contributed by atoms with Gasteiger partial charge in [-0.05, 0) is 58.2 Å². The van der Waals surface area contributed by atoms with Crippen LogP contribution in [0.25, 0.3) is 11.1 Å². The van der Waals surface area contributed by atoms with Gasteiger partial charge in [-0.2, -0.15) is 0 Å². The fraction of sp³-hybridized carbons (Fsp3) is 0.462. The van der Waals surface area contributed by atoms with Crippen molar-refractivity contribution in [3.05, 3.63) is 53.9 Å². The quantitative estimate of drug-likeness (QED) is 0.474. The van der Waals surface area contributed by atoms with Gasteiger partial charge in [0.05, 0.1) is 30.9 Å². The highest BCUT2D eigenvalue weighted by molar-refractivity contribution is 5.86. The third-order valence-electron chi connectivity index (χ3n) is 6.13. The van der Waals surface area contributed by atoms with Crippen LogP contribution in [0, 0.1) is 13.8 Å². The maximum atomic E-state index is 12.5. The summed E-state index contributed by atoms with van der Waals surface area (Å²) in [7, 11) is 0. The molecular weight excluding hydrogens is 404 g/mol. The summed E-state index contributed by atoms with van der Waals surface area (Å²) in [6.45, 7) is 14.2. The second kappa shape index (κ2) is 10.2. The summed E-state index contributed by atoms with van der Waals surface area (Å²) in [5.74, 6) is -0.0387. The first-order chi connectivity index (χ1) is 15.3. The van der Waals surface area contributed by atoms with Gasteiger partial charge in [-0.25, -0.2) is 0 Å². The molecule has 172 valence electrons. The SMILES string of the molecule is C=CCOC1(C)CCN(c2c(CC(=O)OCC)c(C)nc(C)c2-c2ccc(O)cc2)CC1. The molecule has 0 radical (unpaired) electrons. The van der Waals surface area contributed by atoms with Gasteiger partial charge in [0.15, 0.2) is 0 Å². The fourth-order valence-corrected chi connectivity index (χ4v) is 4.37. The van der Waals surface area contributed by atoms with E-state index in [4.69, 9.17) is 14.5 Å². The van der Waals surface area contributed by atoms with Crippen LogP contribution in [0.5, 0.6) is 5.75 Å². The van der Waals surface area contributed by atoms with Crippen molar-refractivity contribution in [2.24, 2.45) is 0 Å². The first kappa shape index (κ1) is 23.8. The van der Waals surface area contributed by atoms with E-state index in [1.807, 2.05) is 32.9 Å². The second-order valence-corrected chi connectivity index (χ2v) is 8.55. The molecule has 0 unspecified atom stereocenters. The van der Waals surface area contributed by atoms with Gasteiger partial charge in [-0.15, -0.1) is 6.58 Å². The van der Waals surface area contributed by atoms with Crippen LogP contribution in [-0.2, 0) is 20.7 Å². The van der Waals surface area contributed by atoms with Crippen molar-refractivity contribution in [3.63, 3.8) is 0 Å². The molecule has 0 atom stereocenters. The Hall–Kier alpha value is -2.86. The number of hydrogen-bond donors (Lipinski definition) is 1. The maximum absolute atomic E-state index is 12.5. The molecule has 1 aromatic heterocycles. The number of carbonyl (C=O) groups excluding carboxylic acids is 1. The van der Waals surface area contributed by atoms with Gasteiger partial charge in [0.2, 0.25) is 0 Å². The number of aromatic nitrogens is 1. The molecule has 1 aliphatic rings. The lowest BCUT2D eigenvalue weighted by Gasteiger charge is -2.41. The average Bonchev–Trinajstić information content (AvgIpc) is 2.76. The van der Waals surface area contributed by atoms with Gasteiger partial charge in [0.1, 0.15) is 5.75 Å². The van der Waals surface area contributed by atoms with Crippen LogP contribution in [0.4, 0.5) is 5.69 Å². The number of rotatable bonds is 8. The van der Waals surface area contributed by atoms with Crippen LogP contribution in [0.15, 0.2) is 36.9 Å². The normalized spacial score (nSPS) is 15.4. The number of aromatic hydroxyl groups is 1. The van der Waals surface area contributed by atoms with Crippen LogP contribution >= 0.6 is 0 Å². The predicted octanol–water partition coefficient (Wildman–Crippen LogP) is 4.74. The number of phenols is 1. The van der Waals surface area contributed by atoms with Crippen molar-refractivity contribution < 1.29 is 19.4 Å². The summed E-state index contributed by atoms with van der Waals surface area (Å²) in [5, 5.41) is 9.79. The number of esters is 1. The van der Waals surface area contributed by atoms with Crippen LogP contribution < -0.4 is 4.90 Å². The fourth-order valence-electron chi connectivity index (χ4n) is 4.37. The number of pyridine rings is 1. The van der Waals surface area contributed by atoms with E-state index in [2.05, 4.69) is 18.4 Å². The number of benzene rings is 1. The van der Waals surface area contributed by atoms with Crippen LogP contribution in [-0.4, -0.2) is 48.0 Å². The standard InChI is InChI=1S/C26H34N2O4/c1-6-16-32-26(5)12-14-28(15-13-26)25-22(17-23(30)31-7-2)18(3)27-19(4)24(25)20-8-10-21(29)11-9-20/h6,8-11,29H,1,7,12-17H2,2-5H3. The van der Waals surface area contributed by atoms with E-state index in [0.29, 0.717) is 13.2 Å². The van der Waals surface area contributed by atoms with Crippen LogP contribution in [0.1, 0.15) is 43.6 Å². The molecule has 1 fully saturated rings. The number of ether oxygens (including phenoxy) is 2. The molecule has 0 spiro atoms. The zero-order valence-corrected chi connectivity index (χ0v) is 19.6. The minimum absolute atomic E-state index is 0.175. The Bertz CT molecular complexity index is 961. The zero-order valence-electron chi connectivity index (χ0n) is 19.6. The Morgan fingerprint density at radius 3 is 2.47 bits per heavy atom. The summed E-state index contributed by atoms with van der Waals surface area (Å²) in [6, 6.07) is 7.15. The molecule has 1 saturated heterocycles. The van der Waals surface area contributed by atoms with Crippen molar-refractivity contribution in [2.45, 2.75) is 52.6 Å². The Morgan fingerprint density at radius 2 is 1.88 bits per heavy atom. The van der Waals surface area contributed by atoms with Gasteiger partial charge >= 0.3 is 5.97 Å². The Morgan fingerprint density at radius 1 is 1.22 bits per heavy atom. The highest BCUT2D eigenvalue weighted by atomic mass is 16.5. The van der Waals surface area contributed by atoms with E-state index in [-0.39, 0.29) is 23.7 Å². The van der Waals surface area contributed by atoms with Crippen molar-refractivity contribution in [2.75, 3.05) is 31.2 Å². The lowest BCUT2D eigenvalue weighted by Crippen LogP contribution is -2.45. The highest BCUT2D eigenvalue weighted by Gasteiger charge is 2.33. The summed E-state index contributed by atoms with van der Waals surface area (Å²) in [5.41, 5.74) is 5.42. The van der Waals surface area contributed by atoms with Gasteiger partial charge in [-0.3, -0.25) is 9.78 Å². The van der Waals surface area contributed by atoms with Crippen LogP contribution in [0.3, 0.4) is 0 Å². The number of carbonyl (C=O) groups is 1.